The average Bonchev–Trinajstić information content (AvgIpc) is 3.21. The van der Waals surface area contributed by atoms with E-state index in [-0.39, 0.29) is 17.4 Å². The molecule has 0 radical (unpaired) electrons. The Balaban J connectivity index is 2.14. The van der Waals surface area contributed by atoms with Crippen LogP contribution >= 0.6 is 0 Å². The van der Waals surface area contributed by atoms with E-state index in [0.717, 1.165) is 5.56 Å². The fourth-order valence-corrected chi connectivity index (χ4v) is 2.58. The van der Waals surface area contributed by atoms with Crippen molar-refractivity contribution >= 4 is 0 Å². The molecule has 0 saturated heterocycles. The molecule has 1 aliphatic carbocycles. The molecule has 20 heavy (non-hydrogen) atoms. The summed E-state index contributed by atoms with van der Waals surface area (Å²) >= 11 is 0. The molecule has 0 aliphatic heterocycles. The molecule has 0 amide bonds. The van der Waals surface area contributed by atoms with Gasteiger partial charge in [0.2, 0.25) is 5.88 Å². The van der Waals surface area contributed by atoms with E-state index in [1.165, 1.54) is 18.4 Å². The Labute approximate surface area is 117 Å². The molecule has 1 aromatic carbocycles. The van der Waals surface area contributed by atoms with Gasteiger partial charge in [-0.25, -0.2) is 0 Å². The van der Waals surface area contributed by atoms with Crippen LogP contribution in [0.1, 0.15) is 49.7 Å². The molecule has 1 heterocycles. The lowest BCUT2D eigenvalue weighted by Crippen LogP contribution is -2.16. The summed E-state index contributed by atoms with van der Waals surface area (Å²) in [5.41, 5.74) is 2.20. The summed E-state index contributed by atoms with van der Waals surface area (Å²) in [6, 6.07) is 7.94. The number of aromatic hydroxyl groups is 1. The lowest BCUT2D eigenvalue weighted by Gasteiger charge is -2.11. The van der Waals surface area contributed by atoms with Crippen molar-refractivity contribution in [2.45, 2.75) is 38.5 Å². The number of aromatic nitrogens is 2. The van der Waals surface area contributed by atoms with Gasteiger partial charge < -0.3 is 10.1 Å². The normalized spacial score (nSPS) is 14.8. The summed E-state index contributed by atoms with van der Waals surface area (Å²) in [5, 5.41) is 10.0. The van der Waals surface area contributed by atoms with Crippen molar-refractivity contribution in [1.29, 1.82) is 0 Å². The van der Waals surface area contributed by atoms with Crippen molar-refractivity contribution in [2.24, 2.45) is 0 Å². The van der Waals surface area contributed by atoms with E-state index in [9.17, 15) is 9.90 Å². The van der Waals surface area contributed by atoms with E-state index in [1.54, 1.807) is 0 Å². The van der Waals surface area contributed by atoms with Gasteiger partial charge in [0.25, 0.3) is 5.56 Å². The zero-order chi connectivity index (χ0) is 14.3. The van der Waals surface area contributed by atoms with Gasteiger partial charge in [0.15, 0.2) is 0 Å². The first-order valence-corrected chi connectivity index (χ1v) is 7.00. The van der Waals surface area contributed by atoms with Gasteiger partial charge in [-0.05, 0) is 30.2 Å². The maximum absolute atomic E-state index is 12.1. The van der Waals surface area contributed by atoms with Crippen molar-refractivity contribution in [1.82, 2.24) is 9.97 Å². The SMILES string of the molecule is CC(C)c1c(O)nc(-c2ccccc2C2CC2)[nH]c1=O. The molecular weight excluding hydrogens is 252 g/mol. The highest BCUT2D eigenvalue weighted by Crippen LogP contribution is 2.43. The highest BCUT2D eigenvalue weighted by atomic mass is 16.3. The van der Waals surface area contributed by atoms with Crippen LogP contribution in [-0.2, 0) is 0 Å². The lowest BCUT2D eigenvalue weighted by atomic mass is 10.0. The number of hydrogen-bond donors (Lipinski definition) is 2. The minimum absolute atomic E-state index is 0.0565. The first-order valence-electron chi connectivity index (χ1n) is 7.00. The maximum atomic E-state index is 12.1. The lowest BCUT2D eigenvalue weighted by molar-refractivity contribution is 0.440. The molecule has 1 saturated carbocycles. The average molecular weight is 270 g/mol. The highest BCUT2D eigenvalue weighted by Gasteiger charge is 2.27. The van der Waals surface area contributed by atoms with Gasteiger partial charge in [0.05, 0.1) is 5.56 Å². The van der Waals surface area contributed by atoms with Crippen LogP contribution in [0.15, 0.2) is 29.1 Å². The molecular formula is C16H18N2O2. The zero-order valence-corrected chi connectivity index (χ0v) is 11.7. The first-order chi connectivity index (χ1) is 9.58. The summed E-state index contributed by atoms with van der Waals surface area (Å²) in [6.07, 6.45) is 2.36. The Morgan fingerprint density at radius 1 is 1.30 bits per heavy atom. The van der Waals surface area contributed by atoms with Crippen LogP contribution in [0.5, 0.6) is 5.88 Å². The summed E-state index contributed by atoms with van der Waals surface area (Å²) < 4.78 is 0. The largest absolute Gasteiger partial charge is 0.493 e. The van der Waals surface area contributed by atoms with E-state index >= 15 is 0 Å². The van der Waals surface area contributed by atoms with Gasteiger partial charge in [-0.3, -0.25) is 4.79 Å². The molecule has 104 valence electrons. The van der Waals surface area contributed by atoms with Gasteiger partial charge >= 0.3 is 0 Å². The molecule has 0 spiro atoms. The predicted octanol–water partition coefficient (Wildman–Crippen LogP) is 3.14. The number of nitrogens with zero attached hydrogens (tertiary/aromatic N) is 1. The number of rotatable bonds is 3. The van der Waals surface area contributed by atoms with Crippen LogP contribution in [0, 0.1) is 0 Å². The molecule has 1 fully saturated rings. The third-order valence-corrected chi connectivity index (χ3v) is 3.75. The summed E-state index contributed by atoms with van der Waals surface area (Å²) in [4.78, 5) is 19.1. The molecule has 0 unspecified atom stereocenters. The van der Waals surface area contributed by atoms with Crippen molar-refractivity contribution < 1.29 is 5.11 Å². The molecule has 1 aromatic heterocycles. The third-order valence-electron chi connectivity index (χ3n) is 3.75. The molecule has 4 nitrogen and oxygen atoms in total. The number of H-pyrrole nitrogens is 1. The summed E-state index contributed by atoms with van der Waals surface area (Å²) in [7, 11) is 0. The van der Waals surface area contributed by atoms with Gasteiger partial charge in [0, 0.05) is 5.56 Å². The maximum Gasteiger partial charge on any atom is 0.258 e. The molecule has 1 aliphatic rings. The van der Waals surface area contributed by atoms with Crippen LogP contribution < -0.4 is 5.56 Å². The topological polar surface area (TPSA) is 66.0 Å². The molecule has 3 rings (SSSR count). The summed E-state index contributed by atoms with van der Waals surface area (Å²) in [5.74, 6) is 0.797. The van der Waals surface area contributed by atoms with E-state index < -0.39 is 0 Å². The second-order valence-electron chi connectivity index (χ2n) is 5.67. The summed E-state index contributed by atoms with van der Waals surface area (Å²) in [6.45, 7) is 3.73. The predicted molar refractivity (Wildman–Crippen MR) is 78.0 cm³/mol. The van der Waals surface area contributed by atoms with E-state index in [2.05, 4.69) is 16.0 Å². The molecule has 2 aromatic rings. The number of benzene rings is 1. The Bertz CT molecular complexity index is 700. The van der Waals surface area contributed by atoms with Crippen molar-refractivity contribution in [3.63, 3.8) is 0 Å². The first kappa shape index (κ1) is 12.9. The van der Waals surface area contributed by atoms with E-state index in [0.29, 0.717) is 17.3 Å². The van der Waals surface area contributed by atoms with Gasteiger partial charge in [0.1, 0.15) is 5.82 Å². The Kier molecular flexibility index (Phi) is 3.08. The number of nitrogens with one attached hydrogen (secondary N) is 1. The molecule has 0 atom stereocenters. The third kappa shape index (κ3) is 2.22. The second kappa shape index (κ2) is 4.78. The van der Waals surface area contributed by atoms with Crippen LogP contribution in [-0.4, -0.2) is 15.1 Å². The van der Waals surface area contributed by atoms with Gasteiger partial charge in [-0.15, -0.1) is 0 Å². The van der Waals surface area contributed by atoms with Gasteiger partial charge in [-0.2, -0.15) is 4.98 Å². The van der Waals surface area contributed by atoms with Crippen molar-refractivity contribution in [2.75, 3.05) is 0 Å². The Morgan fingerprint density at radius 2 is 2.00 bits per heavy atom. The van der Waals surface area contributed by atoms with Gasteiger partial charge in [-0.1, -0.05) is 38.1 Å². The molecule has 4 heteroatoms. The quantitative estimate of drug-likeness (QED) is 0.900. The second-order valence-corrected chi connectivity index (χ2v) is 5.67. The smallest absolute Gasteiger partial charge is 0.258 e. The van der Waals surface area contributed by atoms with Crippen molar-refractivity contribution in [3.8, 4) is 17.3 Å². The zero-order valence-electron chi connectivity index (χ0n) is 11.7. The van der Waals surface area contributed by atoms with Crippen LogP contribution in [0.4, 0.5) is 0 Å². The monoisotopic (exact) mass is 270 g/mol. The van der Waals surface area contributed by atoms with Crippen LogP contribution in [0.2, 0.25) is 0 Å². The molecule has 0 bridgehead atoms. The number of aromatic amines is 1. The van der Waals surface area contributed by atoms with Crippen LogP contribution in [0.25, 0.3) is 11.4 Å². The fourth-order valence-electron chi connectivity index (χ4n) is 2.58. The standard InChI is InChI=1S/C16H18N2O2/c1-9(2)13-15(19)17-14(18-16(13)20)12-6-4-3-5-11(12)10-7-8-10/h3-6,9-10H,7-8H2,1-2H3,(H2,17,18,19,20). The Hall–Kier alpha value is -2.10. The molecule has 2 N–H and O–H groups in total. The van der Waals surface area contributed by atoms with Crippen molar-refractivity contribution in [3.05, 3.63) is 45.7 Å². The fraction of sp³-hybridized carbons (Fsp3) is 0.375. The van der Waals surface area contributed by atoms with E-state index in [4.69, 9.17) is 0 Å². The van der Waals surface area contributed by atoms with Crippen LogP contribution in [0.3, 0.4) is 0 Å². The highest BCUT2D eigenvalue weighted by molar-refractivity contribution is 5.62. The minimum Gasteiger partial charge on any atom is -0.493 e. The van der Waals surface area contributed by atoms with E-state index in [1.807, 2.05) is 32.0 Å². The Morgan fingerprint density at radius 3 is 2.60 bits per heavy atom. The number of hydrogen-bond acceptors (Lipinski definition) is 3. The minimum atomic E-state index is -0.256.